The van der Waals surface area contributed by atoms with Gasteiger partial charge in [0.1, 0.15) is 11.9 Å². The highest BCUT2D eigenvalue weighted by atomic mass is 16.5. The lowest BCUT2D eigenvalue weighted by atomic mass is 10.2. The van der Waals surface area contributed by atoms with E-state index >= 15 is 0 Å². The summed E-state index contributed by atoms with van der Waals surface area (Å²) in [6.07, 6.45) is 1.64. The second kappa shape index (κ2) is 4.57. The molecule has 1 aliphatic carbocycles. The number of ether oxygens (including phenoxy) is 1. The second-order valence-corrected chi connectivity index (χ2v) is 5.25. The smallest absolute Gasteiger partial charge is 0.142 e. The molecule has 0 saturated heterocycles. The lowest BCUT2D eigenvalue weighted by Gasteiger charge is -2.27. The maximum atomic E-state index is 5.94. The number of anilines is 1. The highest BCUT2D eigenvalue weighted by Crippen LogP contribution is 2.36. The van der Waals surface area contributed by atoms with Crippen LogP contribution in [-0.2, 0) is 0 Å². The van der Waals surface area contributed by atoms with Gasteiger partial charge in [0.25, 0.3) is 0 Å². The molecule has 3 unspecified atom stereocenters. The summed E-state index contributed by atoms with van der Waals surface area (Å²) in [5, 5.41) is 6.92. The largest absolute Gasteiger partial charge is 0.485 e. The van der Waals surface area contributed by atoms with Crippen LogP contribution in [0.4, 0.5) is 5.69 Å². The molecule has 0 spiro atoms. The molecule has 0 amide bonds. The summed E-state index contributed by atoms with van der Waals surface area (Å²) in [7, 11) is 0. The Hall–Kier alpha value is -1.22. The van der Waals surface area contributed by atoms with Gasteiger partial charge in [0, 0.05) is 6.54 Å². The molecular weight excluding hydrogens is 212 g/mol. The van der Waals surface area contributed by atoms with Gasteiger partial charge in [0.05, 0.1) is 12.2 Å². The predicted octanol–water partition coefficient (Wildman–Crippen LogP) is 2.11. The summed E-state index contributed by atoms with van der Waals surface area (Å²) >= 11 is 0. The first-order valence-electron chi connectivity index (χ1n) is 6.53. The Kier molecular flexibility index (Phi) is 2.93. The molecule has 1 aromatic rings. The molecule has 92 valence electrons. The first-order chi connectivity index (χ1) is 8.33. The van der Waals surface area contributed by atoms with E-state index in [1.807, 2.05) is 18.2 Å². The zero-order valence-corrected chi connectivity index (χ0v) is 10.3. The third kappa shape index (κ3) is 2.55. The van der Waals surface area contributed by atoms with Gasteiger partial charge in [-0.25, -0.2) is 0 Å². The number of fused-ring (bicyclic) bond motifs is 1. The number of benzene rings is 1. The molecule has 2 aliphatic rings. The van der Waals surface area contributed by atoms with Gasteiger partial charge in [-0.15, -0.1) is 0 Å². The highest BCUT2D eigenvalue weighted by Gasteiger charge is 2.32. The van der Waals surface area contributed by atoms with E-state index in [2.05, 4.69) is 23.6 Å². The van der Waals surface area contributed by atoms with Crippen molar-refractivity contribution in [3.63, 3.8) is 0 Å². The normalized spacial score (nSPS) is 30.1. The second-order valence-electron chi connectivity index (χ2n) is 5.25. The molecule has 3 nitrogen and oxygen atoms in total. The van der Waals surface area contributed by atoms with Crippen LogP contribution in [0.25, 0.3) is 0 Å². The molecule has 3 rings (SSSR count). The van der Waals surface area contributed by atoms with Gasteiger partial charge in [-0.1, -0.05) is 19.1 Å². The van der Waals surface area contributed by atoms with E-state index in [0.717, 1.165) is 42.9 Å². The molecule has 1 fully saturated rings. The van der Waals surface area contributed by atoms with Crippen LogP contribution in [0.3, 0.4) is 0 Å². The lowest BCUT2D eigenvalue weighted by Crippen LogP contribution is -2.40. The third-order valence-electron chi connectivity index (χ3n) is 3.76. The molecule has 1 saturated carbocycles. The Morgan fingerprint density at radius 3 is 3.00 bits per heavy atom. The average molecular weight is 232 g/mol. The quantitative estimate of drug-likeness (QED) is 0.834. The number of nitrogens with one attached hydrogen (secondary N) is 2. The zero-order chi connectivity index (χ0) is 11.7. The van der Waals surface area contributed by atoms with Gasteiger partial charge in [-0.05, 0) is 36.9 Å². The molecule has 1 aliphatic heterocycles. The first kappa shape index (κ1) is 10.9. The molecule has 2 N–H and O–H groups in total. The number of para-hydroxylation sites is 2. The van der Waals surface area contributed by atoms with Crippen molar-refractivity contribution in [1.29, 1.82) is 0 Å². The fourth-order valence-electron chi connectivity index (χ4n) is 2.39. The van der Waals surface area contributed by atoms with E-state index in [-0.39, 0.29) is 6.10 Å². The molecule has 17 heavy (non-hydrogen) atoms. The summed E-state index contributed by atoms with van der Waals surface area (Å²) in [6, 6.07) is 8.13. The summed E-state index contributed by atoms with van der Waals surface area (Å²) < 4.78 is 5.94. The predicted molar refractivity (Wildman–Crippen MR) is 69.5 cm³/mol. The van der Waals surface area contributed by atoms with Crippen LogP contribution in [0.5, 0.6) is 5.75 Å². The number of hydrogen-bond acceptors (Lipinski definition) is 3. The topological polar surface area (TPSA) is 33.3 Å². The lowest BCUT2D eigenvalue weighted by molar-refractivity contribution is 0.201. The van der Waals surface area contributed by atoms with Gasteiger partial charge in [0.2, 0.25) is 0 Å². The minimum atomic E-state index is 0.249. The number of hydrogen-bond donors (Lipinski definition) is 2. The Balaban J connectivity index is 1.47. The van der Waals surface area contributed by atoms with Gasteiger partial charge >= 0.3 is 0 Å². The third-order valence-corrected chi connectivity index (χ3v) is 3.76. The van der Waals surface area contributed by atoms with Crippen LogP contribution in [-0.4, -0.2) is 25.7 Å². The fraction of sp³-hybridized carbons (Fsp3) is 0.571. The Bertz CT molecular complexity index is 394. The van der Waals surface area contributed by atoms with E-state index in [4.69, 9.17) is 4.74 Å². The summed E-state index contributed by atoms with van der Waals surface area (Å²) in [5.41, 5.74) is 1.11. The maximum absolute atomic E-state index is 5.94. The molecule has 3 atom stereocenters. The van der Waals surface area contributed by atoms with Crippen LogP contribution >= 0.6 is 0 Å². The summed E-state index contributed by atoms with van der Waals surface area (Å²) in [6.45, 7) is 5.29. The maximum Gasteiger partial charge on any atom is 0.142 e. The molecule has 1 heterocycles. The molecule has 0 bridgehead atoms. The van der Waals surface area contributed by atoms with E-state index in [0.29, 0.717) is 0 Å². The van der Waals surface area contributed by atoms with Gasteiger partial charge in [0.15, 0.2) is 0 Å². The van der Waals surface area contributed by atoms with Crippen molar-refractivity contribution < 1.29 is 4.74 Å². The van der Waals surface area contributed by atoms with Crippen LogP contribution in [0, 0.1) is 11.8 Å². The van der Waals surface area contributed by atoms with Gasteiger partial charge in [-0.2, -0.15) is 0 Å². The minimum Gasteiger partial charge on any atom is -0.485 e. The van der Waals surface area contributed by atoms with E-state index in [1.165, 1.54) is 6.42 Å². The summed E-state index contributed by atoms with van der Waals surface area (Å²) in [5.74, 6) is 2.80. The summed E-state index contributed by atoms with van der Waals surface area (Å²) in [4.78, 5) is 0. The Morgan fingerprint density at radius 2 is 2.18 bits per heavy atom. The molecular formula is C14H20N2O. The highest BCUT2D eigenvalue weighted by molar-refractivity contribution is 5.57. The van der Waals surface area contributed by atoms with Crippen molar-refractivity contribution in [2.24, 2.45) is 11.8 Å². The van der Waals surface area contributed by atoms with Crippen LogP contribution in [0.2, 0.25) is 0 Å². The van der Waals surface area contributed by atoms with E-state index < -0.39 is 0 Å². The number of rotatable bonds is 4. The van der Waals surface area contributed by atoms with Crippen LogP contribution in [0.1, 0.15) is 13.3 Å². The van der Waals surface area contributed by atoms with E-state index in [9.17, 15) is 0 Å². The van der Waals surface area contributed by atoms with Gasteiger partial charge in [-0.3, -0.25) is 0 Å². The first-order valence-corrected chi connectivity index (χ1v) is 6.53. The van der Waals surface area contributed by atoms with Crippen molar-refractivity contribution in [1.82, 2.24) is 5.32 Å². The Labute approximate surface area is 103 Å². The van der Waals surface area contributed by atoms with Crippen molar-refractivity contribution in [3.8, 4) is 5.75 Å². The van der Waals surface area contributed by atoms with E-state index in [1.54, 1.807) is 0 Å². The zero-order valence-electron chi connectivity index (χ0n) is 10.3. The van der Waals surface area contributed by atoms with Gasteiger partial charge < -0.3 is 15.4 Å². The monoisotopic (exact) mass is 232 g/mol. The molecule has 1 aromatic carbocycles. The molecule has 0 aromatic heterocycles. The molecule has 3 heteroatoms. The van der Waals surface area contributed by atoms with Crippen molar-refractivity contribution in [2.45, 2.75) is 19.4 Å². The molecule has 0 radical (unpaired) electrons. The fourth-order valence-corrected chi connectivity index (χ4v) is 2.39. The average Bonchev–Trinajstić information content (AvgIpc) is 3.05. The van der Waals surface area contributed by atoms with Crippen LogP contribution in [0.15, 0.2) is 24.3 Å². The SMILES string of the molecule is CC1CC1CNCC1CNc2ccccc2O1. The Morgan fingerprint density at radius 1 is 1.35 bits per heavy atom. The minimum absolute atomic E-state index is 0.249. The van der Waals surface area contributed by atoms with Crippen molar-refractivity contribution in [2.75, 3.05) is 25.0 Å². The van der Waals surface area contributed by atoms with Crippen molar-refractivity contribution >= 4 is 5.69 Å². The standard InChI is InChI=1S/C14H20N2O/c1-10-6-11(10)7-15-8-12-9-16-13-4-2-3-5-14(13)17-12/h2-5,10-12,15-16H,6-9H2,1H3. The van der Waals surface area contributed by atoms with Crippen LogP contribution < -0.4 is 15.4 Å². The van der Waals surface area contributed by atoms with Crippen molar-refractivity contribution in [3.05, 3.63) is 24.3 Å².